The molecule has 16 heavy (non-hydrogen) atoms. The number of β-amino-alcohol motifs (C(OH)–C–C–N with tert-alkyl or cyclic N) is 1. The number of piperidine rings is 1. The second-order valence-electron chi connectivity index (χ2n) is 4.99. The molecule has 1 aromatic rings. The van der Waals surface area contributed by atoms with Crippen LogP contribution < -0.4 is 4.90 Å². The summed E-state index contributed by atoms with van der Waals surface area (Å²) in [5, 5.41) is 9.74. The molecule has 1 aromatic carbocycles. The van der Waals surface area contributed by atoms with Gasteiger partial charge in [-0.1, -0.05) is 17.7 Å². The molecule has 0 radical (unpaired) electrons. The summed E-state index contributed by atoms with van der Waals surface area (Å²) in [7, 11) is 0. The normalized spacial score (nSPS) is 21.2. The highest BCUT2D eigenvalue weighted by Gasteiger charge is 2.20. The second-order valence-corrected chi connectivity index (χ2v) is 4.99. The lowest BCUT2D eigenvalue weighted by Gasteiger charge is -2.34. The molecule has 1 aliphatic heterocycles. The predicted molar refractivity (Wildman–Crippen MR) is 68.1 cm³/mol. The van der Waals surface area contributed by atoms with Crippen LogP contribution in [0.25, 0.3) is 0 Å². The Hall–Kier alpha value is -1.02. The average Bonchev–Trinajstić information content (AvgIpc) is 2.15. The van der Waals surface area contributed by atoms with Crippen molar-refractivity contribution in [3.05, 3.63) is 28.8 Å². The molecule has 0 aromatic heterocycles. The van der Waals surface area contributed by atoms with Gasteiger partial charge in [-0.15, -0.1) is 0 Å². The van der Waals surface area contributed by atoms with Gasteiger partial charge in [-0.25, -0.2) is 0 Å². The SMILES string of the molecule is Cc1cc(C)c(N2CCCC(O)C2)c(C)c1. The largest absolute Gasteiger partial charge is 0.391 e. The number of aliphatic hydroxyl groups is 1. The molecule has 1 N–H and O–H groups in total. The highest BCUT2D eigenvalue weighted by Crippen LogP contribution is 2.28. The number of aryl methyl sites for hydroxylation is 3. The van der Waals surface area contributed by atoms with Crippen LogP contribution in [0.5, 0.6) is 0 Å². The molecule has 0 spiro atoms. The van der Waals surface area contributed by atoms with Crippen LogP contribution in [0.3, 0.4) is 0 Å². The lowest BCUT2D eigenvalue weighted by atomic mass is 10.0. The van der Waals surface area contributed by atoms with Crippen LogP contribution in [0, 0.1) is 20.8 Å². The molecule has 1 fully saturated rings. The minimum atomic E-state index is -0.158. The van der Waals surface area contributed by atoms with Gasteiger partial charge in [0.1, 0.15) is 0 Å². The standard InChI is InChI=1S/C14H21NO/c1-10-7-11(2)14(12(3)8-10)15-6-4-5-13(16)9-15/h7-8,13,16H,4-6,9H2,1-3H3. The smallest absolute Gasteiger partial charge is 0.0715 e. The molecule has 1 aliphatic rings. The Labute approximate surface area is 97.9 Å². The van der Waals surface area contributed by atoms with Crippen molar-refractivity contribution in [2.75, 3.05) is 18.0 Å². The first-order valence-corrected chi connectivity index (χ1v) is 6.09. The van der Waals surface area contributed by atoms with Crippen molar-refractivity contribution in [2.24, 2.45) is 0 Å². The first-order valence-electron chi connectivity index (χ1n) is 6.09. The van der Waals surface area contributed by atoms with Crippen LogP contribution in [-0.4, -0.2) is 24.3 Å². The van der Waals surface area contributed by atoms with Crippen LogP contribution in [0.2, 0.25) is 0 Å². The van der Waals surface area contributed by atoms with E-state index < -0.39 is 0 Å². The molecule has 1 atom stereocenters. The van der Waals surface area contributed by atoms with E-state index in [9.17, 15) is 5.11 Å². The van der Waals surface area contributed by atoms with E-state index in [1.54, 1.807) is 0 Å². The second kappa shape index (κ2) is 4.46. The summed E-state index contributed by atoms with van der Waals surface area (Å²) in [4.78, 5) is 2.33. The Morgan fingerprint density at radius 3 is 2.38 bits per heavy atom. The third-order valence-electron chi connectivity index (χ3n) is 3.35. The lowest BCUT2D eigenvalue weighted by Crippen LogP contribution is -2.39. The Morgan fingerprint density at radius 1 is 1.19 bits per heavy atom. The van der Waals surface area contributed by atoms with Gasteiger partial charge in [-0.2, -0.15) is 0 Å². The molecule has 0 aliphatic carbocycles. The lowest BCUT2D eigenvalue weighted by molar-refractivity contribution is 0.154. The molecule has 1 unspecified atom stereocenters. The van der Waals surface area contributed by atoms with Gasteiger partial charge in [0.05, 0.1) is 6.10 Å². The van der Waals surface area contributed by atoms with Crippen LogP contribution >= 0.6 is 0 Å². The Kier molecular flexibility index (Phi) is 3.20. The molecule has 2 rings (SSSR count). The Bertz CT molecular complexity index is 363. The zero-order valence-corrected chi connectivity index (χ0v) is 10.5. The first-order chi connectivity index (χ1) is 7.58. The number of aliphatic hydroxyl groups excluding tert-OH is 1. The van der Waals surface area contributed by atoms with Crippen molar-refractivity contribution in [3.63, 3.8) is 0 Å². The predicted octanol–water partition coefficient (Wildman–Crippen LogP) is 2.57. The molecule has 2 heteroatoms. The van der Waals surface area contributed by atoms with E-state index in [1.165, 1.54) is 22.4 Å². The van der Waals surface area contributed by atoms with E-state index in [-0.39, 0.29) is 6.10 Å². The summed E-state index contributed by atoms with van der Waals surface area (Å²) in [6.07, 6.45) is 1.88. The van der Waals surface area contributed by atoms with Crippen molar-refractivity contribution in [1.82, 2.24) is 0 Å². The first kappa shape index (κ1) is 11.5. The zero-order chi connectivity index (χ0) is 11.7. The van der Waals surface area contributed by atoms with Gasteiger partial charge in [-0.3, -0.25) is 0 Å². The maximum atomic E-state index is 9.74. The van der Waals surface area contributed by atoms with E-state index in [0.717, 1.165) is 25.9 Å². The molecule has 0 amide bonds. The summed E-state index contributed by atoms with van der Waals surface area (Å²) in [6, 6.07) is 4.45. The van der Waals surface area contributed by atoms with Gasteiger partial charge >= 0.3 is 0 Å². The minimum absolute atomic E-state index is 0.158. The maximum absolute atomic E-state index is 9.74. The minimum Gasteiger partial charge on any atom is -0.391 e. The summed E-state index contributed by atoms with van der Waals surface area (Å²) in [5.74, 6) is 0. The van der Waals surface area contributed by atoms with Crippen LogP contribution in [-0.2, 0) is 0 Å². The molecular formula is C14H21NO. The molecular weight excluding hydrogens is 198 g/mol. The topological polar surface area (TPSA) is 23.5 Å². The molecule has 0 saturated carbocycles. The fourth-order valence-corrected chi connectivity index (χ4v) is 2.83. The molecule has 88 valence electrons. The fraction of sp³-hybridized carbons (Fsp3) is 0.571. The van der Waals surface area contributed by atoms with Crippen LogP contribution in [0.15, 0.2) is 12.1 Å². The van der Waals surface area contributed by atoms with Crippen molar-refractivity contribution >= 4 is 5.69 Å². The summed E-state index contributed by atoms with van der Waals surface area (Å²) >= 11 is 0. The number of hydrogen-bond acceptors (Lipinski definition) is 2. The summed E-state index contributed by atoms with van der Waals surface area (Å²) < 4.78 is 0. The fourth-order valence-electron chi connectivity index (χ4n) is 2.83. The van der Waals surface area contributed by atoms with Gasteiger partial charge in [0.15, 0.2) is 0 Å². The quantitative estimate of drug-likeness (QED) is 0.784. The third-order valence-corrected chi connectivity index (χ3v) is 3.35. The van der Waals surface area contributed by atoms with Gasteiger partial charge in [0.25, 0.3) is 0 Å². The van der Waals surface area contributed by atoms with Crippen molar-refractivity contribution in [1.29, 1.82) is 0 Å². The Morgan fingerprint density at radius 2 is 1.81 bits per heavy atom. The van der Waals surface area contributed by atoms with Crippen molar-refractivity contribution < 1.29 is 5.11 Å². The number of rotatable bonds is 1. The van der Waals surface area contributed by atoms with Crippen molar-refractivity contribution in [2.45, 2.75) is 39.7 Å². The number of benzene rings is 1. The summed E-state index contributed by atoms with van der Waals surface area (Å²) in [6.45, 7) is 8.31. The number of hydrogen-bond donors (Lipinski definition) is 1. The van der Waals surface area contributed by atoms with E-state index in [0.29, 0.717) is 0 Å². The van der Waals surface area contributed by atoms with Gasteiger partial charge < -0.3 is 10.0 Å². The monoisotopic (exact) mass is 219 g/mol. The average molecular weight is 219 g/mol. The van der Waals surface area contributed by atoms with E-state index in [4.69, 9.17) is 0 Å². The molecule has 1 saturated heterocycles. The summed E-state index contributed by atoms with van der Waals surface area (Å²) in [5.41, 5.74) is 5.29. The van der Waals surface area contributed by atoms with E-state index >= 15 is 0 Å². The Balaban J connectivity index is 2.32. The van der Waals surface area contributed by atoms with Gasteiger partial charge in [-0.05, 0) is 44.7 Å². The van der Waals surface area contributed by atoms with Gasteiger partial charge in [0, 0.05) is 18.8 Å². The highest BCUT2D eigenvalue weighted by atomic mass is 16.3. The van der Waals surface area contributed by atoms with Crippen LogP contribution in [0.1, 0.15) is 29.5 Å². The van der Waals surface area contributed by atoms with Gasteiger partial charge in [0.2, 0.25) is 0 Å². The molecule has 2 nitrogen and oxygen atoms in total. The van der Waals surface area contributed by atoms with E-state index in [2.05, 4.69) is 37.8 Å². The number of nitrogens with zero attached hydrogens (tertiary/aromatic N) is 1. The highest BCUT2D eigenvalue weighted by molar-refractivity contribution is 5.60. The zero-order valence-electron chi connectivity index (χ0n) is 10.5. The molecule has 1 heterocycles. The van der Waals surface area contributed by atoms with Crippen LogP contribution in [0.4, 0.5) is 5.69 Å². The van der Waals surface area contributed by atoms with Crippen molar-refractivity contribution in [3.8, 4) is 0 Å². The van der Waals surface area contributed by atoms with E-state index in [1.807, 2.05) is 0 Å². The number of anilines is 1. The molecule has 0 bridgehead atoms. The third kappa shape index (κ3) is 2.22. The maximum Gasteiger partial charge on any atom is 0.0715 e.